The van der Waals surface area contributed by atoms with E-state index in [9.17, 15) is 9.59 Å². The summed E-state index contributed by atoms with van der Waals surface area (Å²) in [4.78, 5) is 31.4. The number of carbonyl (C=O) groups excluding carboxylic acids is 1. The highest BCUT2D eigenvalue weighted by atomic mass is 32.2. The maximum Gasteiger partial charge on any atom is 0.266 e. The fourth-order valence-electron chi connectivity index (χ4n) is 3.94. The van der Waals surface area contributed by atoms with Crippen LogP contribution in [-0.4, -0.2) is 27.8 Å². The second kappa shape index (κ2) is 9.64. The number of amides is 1. The molecule has 0 aliphatic heterocycles. The second-order valence-electron chi connectivity index (χ2n) is 8.04. The van der Waals surface area contributed by atoms with Crippen molar-refractivity contribution in [3.05, 3.63) is 101 Å². The first-order chi connectivity index (χ1) is 17.0. The lowest BCUT2D eigenvalue weighted by Crippen LogP contribution is -2.26. The summed E-state index contributed by atoms with van der Waals surface area (Å²) >= 11 is 1.23. The van der Waals surface area contributed by atoms with E-state index < -0.39 is 5.25 Å². The minimum absolute atomic E-state index is 0.181. The normalized spacial score (nSPS) is 11.9. The smallest absolute Gasteiger partial charge is 0.266 e. The zero-order chi connectivity index (χ0) is 24.4. The first-order valence-electron chi connectivity index (χ1n) is 11.2. The van der Waals surface area contributed by atoms with Gasteiger partial charge in [0.2, 0.25) is 5.91 Å². The molecule has 1 atom stereocenters. The molecule has 0 aliphatic rings. The van der Waals surface area contributed by atoms with Crippen molar-refractivity contribution in [3.8, 4) is 11.4 Å². The molecule has 174 valence electrons. The van der Waals surface area contributed by atoms with E-state index in [1.54, 1.807) is 38.3 Å². The number of nitrogens with zero attached hydrogens (tertiary/aromatic N) is 2. The number of fused-ring (bicyclic) bond motifs is 2. The van der Waals surface area contributed by atoms with Crippen LogP contribution in [0.15, 0.2) is 101 Å². The third kappa shape index (κ3) is 4.50. The first kappa shape index (κ1) is 22.7. The van der Waals surface area contributed by atoms with Crippen LogP contribution in [0.5, 0.6) is 5.75 Å². The van der Waals surface area contributed by atoms with Gasteiger partial charge >= 0.3 is 0 Å². The highest BCUT2D eigenvalue weighted by Crippen LogP contribution is 2.30. The number of hydrogen-bond acceptors (Lipinski definition) is 5. The Morgan fingerprint density at radius 3 is 2.49 bits per heavy atom. The highest BCUT2D eigenvalue weighted by molar-refractivity contribution is 8.00. The van der Waals surface area contributed by atoms with Gasteiger partial charge in [0.1, 0.15) is 5.75 Å². The number of thioether (sulfide) groups is 1. The third-order valence-electron chi connectivity index (χ3n) is 5.74. The molecule has 0 fully saturated rings. The minimum atomic E-state index is -0.518. The average Bonchev–Trinajstić information content (AvgIpc) is 2.89. The van der Waals surface area contributed by atoms with Gasteiger partial charge in [0, 0.05) is 5.69 Å². The molecule has 7 heteroatoms. The quantitative estimate of drug-likeness (QED) is 0.250. The average molecular weight is 482 g/mol. The van der Waals surface area contributed by atoms with Crippen molar-refractivity contribution in [2.24, 2.45) is 0 Å². The second-order valence-corrected chi connectivity index (χ2v) is 9.34. The Bertz CT molecular complexity index is 1610. The number of aromatic nitrogens is 2. The number of rotatable bonds is 6. The van der Waals surface area contributed by atoms with Gasteiger partial charge in [-0.3, -0.25) is 14.2 Å². The van der Waals surface area contributed by atoms with Gasteiger partial charge in [-0.25, -0.2) is 4.98 Å². The molecule has 0 saturated carbocycles. The molecule has 0 bridgehead atoms. The monoisotopic (exact) mass is 481 g/mol. The number of carbonyl (C=O) groups is 1. The summed E-state index contributed by atoms with van der Waals surface area (Å²) in [5, 5.41) is 5.54. The maximum atomic E-state index is 13.5. The van der Waals surface area contributed by atoms with Crippen LogP contribution >= 0.6 is 11.8 Å². The van der Waals surface area contributed by atoms with Crippen molar-refractivity contribution >= 4 is 45.0 Å². The predicted octanol–water partition coefficient (Wildman–Crippen LogP) is 5.67. The number of anilines is 1. The summed E-state index contributed by atoms with van der Waals surface area (Å²) in [6, 6.07) is 28.3. The molecular formula is C28H23N3O3S. The SMILES string of the molecule is COc1ccccc1-n1c(S[C@H](C)C(=O)Nc2ccc3ccccc3c2)nc2ccccc2c1=O. The molecule has 1 heterocycles. The molecule has 6 nitrogen and oxygen atoms in total. The Labute approximate surface area is 206 Å². The van der Waals surface area contributed by atoms with Gasteiger partial charge in [0.05, 0.1) is 29.0 Å². The summed E-state index contributed by atoms with van der Waals surface area (Å²) in [7, 11) is 1.56. The van der Waals surface area contributed by atoms with Crippen LogP contribution in [-0.2, 0) is 4.79 Å². The standard InChI is InChI=1S/C28H23N3O3S/c1-18(26(32)29-21-16-15-19-9-3-4-10-20(19)17-21)35-28-30-23-12-6-5-11-22(23)27(33)31(28)24-13-7-8-14-25(24)34-2/h3-18H,1-2H3,(H,29,32)/t18-/m1/s1. The third-order valence-corrected chi connectivity index (χ3v) is 6.79. The van der Waals surface area contributed by atoms with E-state index in [-0.39, 0.29) is 11.5 Å². The van der Waals surface area contributed by atoms with Gasteiger partial charge in [0.15, 0.2) is 5.16 Å². The summed E-state index contributed by atoms with van der Waals surface area (Å²) < 4.78 is 7.03. The van der Waals surface area contributed by atoms with Crippen molar-refractivity contribution in [1.82, 2.24) is 9.55 Å². The van der Waals surface area contributed by atoms with Crippen LogP contribution < -0.4 is 15.6 Å². The van der Waals surface area contributed by atoms with Crippen LogP contribution in [0.4, 0.5) is 5.69 Å². The maximum absolute atomic E-state index is 13.5. The molecular weight excluding hydrogens is 458 g/mol. The molecule has 5 rings (SSSR count). The zero-order valence-corrected chi connectivity index (χ0v) is 20.1. The van der Waals surface area contributed by atoms with Gasteiger partial charge in [0.25, 0.3) is 5.56 Å². The van der Waals surface area contributed by atoms with E-state index in [1.807, 2.05) is 66.7 Å². The first-order valence-corrected chi connectivity index (χ1v) is 12.0. The molecule has 5 aromatic rings. The van der Waals surface area contributed by atoms with Gasteiger partial charge in [-0.2, -0.15) is 0 Å². The number of para-hydroxylation sites is 3. The Morgan fingerprint density at radius 2 is 1.66 bits per heavy atom. The lowest BCUT2D eigenvalue weighted by atomic mass is 10.1. The molecule has 0 saturated heterocycles. The van der Waals surface area contributed by atoms with Gasteiger partial charge in [-0.15, -0.1) is 0 Å². The molecule has 1 aromatic heterocycles. The molecule has 1 amide bonds. The largest absolute Gasteiger partial charge is 0.495 e. The zero-order valence-electron chi connectivity index (χ0n) is 19.3. The molecule has 1 N–H and O–H groups in total. The topological polar surface area (TPSA) is 73.2 Å². The van der Waals surface area contributed by atoms with E-state index in [1.165, 1.54) is 16.3 Å². The summed E-state index contributed by atoms with van der Waals surface area (Å²) in [5.41, 5.74) is 1.65. The Hall–Kier alpha value is -4.10. The summed E-state index contributed by atoms with van der Waals surface area (Å²) in [5.74, 6) is 0.362. The van der Waals surface area contributed by atoms with Gasteiger partial charge in [-0.05, 0) is 54.1 Å². The van der Waals surface area contributed by atoms with Crippen LogP contribution in [0.25, 0.3) is 27.4 Å². The van der Waals surface area contributed by atoms with Crippen LogP contribution in [0.1, 0.15) is 6.92 Å². The van der Waals surface area contributed by atoms with E-state index >= 15 is 0 Å². The van der Waals surface area contributed by atoms with Crippen LogP contribution in [0, 0.1) is 0 Å². The summed E-state index contributed by atoms with van der Waals surface area (Å²) in [6.45, 7) is 1.80. The number of ether oxygens (including phenoxy) is 1. The van der Waals surface area contributed by atoms with E-state index in [2.05, 4.69) is 5.32 Å². The summed E-state index contributed by atoms with van der Waals surface area (Å²) in [6.07, 6.45) is 0. The van der Waals surface area contributed by atoms with E-state index in [0.29, 0.717) is 27.5 Å². The number of nitrogens with one attached hydrogen (secondary N) is 1. The van der Waals surface area contributed by atoms with Crippen molar-refractivity contribution in [1.29, 1.82) is 0 Å². The van der Waals surface area contributed by atoms with E-state index in [4.69, 9.17) is 9.72 Å². The molecule has 0 unspecified atom stereocenters. The molecule has 0 spiro atoms. The fourth-order valence-corrected chi connectivity index (χ4v) is 4.86. The van der Waals surface area contributed by atoms with Gasteiger partial charge in [-0.1, -0.05) is 66.4 Å². The van der Waals surface area contributed by atoms with Crippen molar-refractivity contribution in [2.45, 2.75) is 17.3 Å². The molecule has 0 aliphatic carbocycles. The Morgan fingerprint density at radius 1 is 0.943 bits per heavy atom. The van der Waals surface area contributed by atoms with Crippen molar-refractivity contribution in [2.75, 3.05) is 12.4 Å². The minimum Gasteiger partial charge on any atom is -0.495 e. The number of methoxy groups -OCH3 is 1. The van der Waals surface area contributed by atoms with E-state index in [0.717, 1.165) is 16.5 Å². The number of hydrogen-bond donors (Lipinski definition) is 1. The highest BCUT2D eigenvalue weighted by Gasteiger charge is 2.22. The van der Waals surface area contributed by atoms with Crippen LogP contribution in [0.2, 0.25) is 0 Å². The van der Waals surface area contributed by atoms with Crippen LogP contribution in [0.3, 0.4) is 0 Å². The van der Waals surface area contributed by atoms with Gasteiger partial charge < -0.3 is 10.1 Å². The Kier molecular flexibility index (Phi) is 6.25. The predicted molar refractivity (Wildman–Crippen MR) is 142 cm³/mol. The van der Waals surface area contributed by atoms with Crippen molar-refractivity contribution in [3.63, 3.8) is 0 Å². The molecule has 35 heavy (non-hydrogen) atoms. The number of benzene rings is 4. The Balaban J connectivity index is 1.51. The fraction of sp³-hybridized carbons (Fsp3) is 0.107. The lowest BCUT2D eigenvalue weighted by Gasteiger charge is -2.18. The molecule has 0 radical (unpaired) electrons. The lowest BCUT2D eigenvalue weighted by molar-refractivity contribution is -0.115. The van der Waals surface area contributed by atoms with Crippen molar-refractivity contribution < 1.29 is 9.53 Å². The molecule has 4 aromatic carbocycles.